The van der Waals surface area contributed by atoms with Crippen LogP contribution in [0.15, 0.2) is 12.1 Å². The number of aromatic carboxylic acids is 1. The van der Waals surface area contributed by atoms with E-state index in [9.17, 15) is 4.79 Å². The molecule has 0 unspecified atom stereocenters. The number of hydrogen-bond acceptors (Lipinski definition) is 5. The van der Waals surface area contributed by atoms with E-state index in [0.717, 1.165) is 0 Å². The smallest absolute Gasteiger partial charge is 0.335 e. The number of aryl methyl sites for hydroxylation is 1. The van der Waals surface area contributed by atoms with Crippen molar-refractivity contribution in [2.24, 2.45) is 0 Å². The minimum atomic E-state index is -0.959. The zero-order valence-corrected chi connectivity index (χ0v) is 11.3. The maximum Gasteiger partial charge on any atom is 0.335 e. The zero-order valence-electron chi connectivity index (χ0n) is 11.3. The van der Waals surface area contributed by atoms with Gasteiger partial charge in [0, 0.05) is 18.8 Å². The Kier molecular flexibility index (Phi) is 6.24. The van der Waals surface area contributed by atoms with Gasteiger partial charge in [0.2, 0.25) is 0 Å². The van der Waals surface area contributed by atoms with Crippen LogP contribution in [0.1, 0.15) is 23.0 Å². The molecule has 1 aromatic rings. The maximum absolute atomic E-state index is 11.0. The van der Waals surface area contributed by atoms with Gasteiger partial charge in [-0.3, -0.25) is 0 Å². The SMILES string of the molecule is CCN(CCOCCO)c1cc(C(=O)O)cc(C)n1. The number of nitrogens with zero attached hydrogens (tertiary/aromatic N) is 2. The minimum absolute atomic E-state index is 0.00200. The van der Waals surface area contributed by atoms with Crippen molar-refractivity contribution in [2.75, 3.05) is 37.8 Å². The lowest BCUT2D eigenvalue weighted by Gasteiger charge is -2.22. The molecule has 6 heteroatoms. The van der Waals surface area contributed by atoms with Gasteiger partial charge in [-0.15, -0.1) is 0 Å². The molecule has 0 spiro atoms. The summed E-state index contributed by atoms with van der Waals surface area (Å²) in [5, 5.41) is 17.7. The van der Waals surface area contributed by atoms with Gasteiger partial charge < -0.3 is 19.8 Å². The summed E-state index contributed by atoms with van der Waals surface area (Å²) in [5.74, 6) is -0.327. The number of aromatic nitrogens is 1. The van der Waals surface area contributed by atoms with Crippen LogP contribution in [0.4, 0.5) is 5.82 Å². The maximum atomic E-state index is 11.0. The quantitative estimate of drug-likeness (QED) is 0.682. The second-order valence-corrected chi connectivity index (χ2v) is 4.08. The summed E-state index contributed by atoms with van der Waals surface area (Å²) in [5.41, 5.74) is 0.904. The number of carboxylic acids is 1. The second-order valence-electron chi connectivity index (χ2n) is 4.08. The fourth-order valence-electron chi connectivity index (χ4n) is 1.71. The van der Waals surface area contributed by atoms with Crippen molar-refractivity contribution < 1.29 is 19.7 Å². The van der Waals surface area contributed by atoms with E-state index >= 15 is 0 Å². The van der Waals surface area contributed by atoms with Crippen LogP contribution in [0, 0.1) is 6.92 Å². The Labute approximate surface area is 112 Å². The van der Waals surface area contributed by atoms with Gasteiger partial charge in [0.25, 0.3) is 0 Å². The van der Waals surface area contributed by atoms with Crippen LogP contribution in [0.3, 0.4) is 0 Å². The summed E-state index contributed by atoms with van der Waals surface area (Å²) in [6, 6.07) is 3.10. The lowest BCUT2D eigenvalue weighted by atomic mass is 10.2. The Balaban J connectivity index is 2.77. The topological polar surface area (TPSA) is 82.9 Å². The highest BCUT2D eigenvalue weighted by Crippen LogP contribution is 2.15. The Morgan fingerprint density at radius 1 is 1.42 bits per heavy atom. The average Bonchev–Trinajstić information content (AvgIpc) is 2.38. The molecule has 0 radical (unpaired) electrons. The van der Waals surface area contributed by atoms with E-state index in [-0.39, 0.29) is 12.2 Å². The first-order valence-corrected chi connectivity index (χ1v) is 6.24. The highest BCUT2D eigenvalue weighted by molar-refractivity contribution is 5.88. The van der Waals surface area contributed by atoms with Gasteiger partial charge in [-0.25, -0.2) is 9.78 Å². The number of anilines is 1. The third-order valence-electron chi connectivity index (χ3n) is 2.63. The number of carbonyl (C=O) groups is 1. The molecule has 1 heterocycles. The summed E-state index contributed by atoms with van der Waals surface area (Å²) in [7, 11) is 0. The predicted molar refractivity (Wildman–Crippen MR) is 71.7 cm³/mol. The predicted octanol–water partition coefficient (Wildman–Crippen LogP) is 0.923. The van der Waals surface area contributed by atoms with Crippen molar-refractivity contribution in [3.8, 4) is 0 Å². The van der Waals surface area contributed by atoms with E-state index in [2.05, 4.69) is 4.98 Å². The van der Waals surface area contributed by atoms with Crippen LogP contribution in [-0.4, -0.2) is 54.1 Å². The van der Waals surface area contributed by atoms with Crippen molar-refractivity contribution in [3.05, 3.63) is 23.4 Å². The minimum Gasteiger partial charge on any atom is -0.478 e. The van der Waals surface area contributed by atoms with Crippen molar-refractivity contribution in [3.63, 3.8) is 0 Å². The fourth-order valence-corrected chi connectivity index (χ4v) is 1.71. The average molecular weight is 268 g/mol. The summed E-state index contributed by atoms with van der Waals surface area (Å²) in [6.45, 7) is 5.82. The van der Waals surface area contributed by atoms with Gasteiger partial charge in [0.15, 0.2) is 0 Å². The molecule has 0 aliphatic rings. The Morgan fingerprint density at radius 3 is 2.74 bits per heavy atom. The number of aliphatic hydroxyl groups excluding tert-OH is 1. The van der Waals surface area contributed by atoms with Crippen LogP contribution in [0.5, 0.6) is 0 Å². The standard InChI is InChI=1S/C13H20N2O4/c1-3-15(4-6-19-7-5-16)12-9-11(13(17)18)8-10(2)14-12/h8-9,16H,3-7H2,1-2H3,(H,17,18). The molecule has 2 N–H and O–H groups in total. The molecule has 0 aromatic carbocycles. The molecule has 0 fully saturated rings. The summed E-state index contributed by atoms with van der Waals surface area (Å²) in [4.78, 5) is 17.3. The largest absolute Gasteiger partial charge is 0.478 e. The van der Waals surface area contributed by atoms with Crippen molar-refractivity contribution >= 4 is 11.8 Å². The Morgan fingerprint density at radius 2 is 2.16 bits per heavy atom. The van der Waals surface area contributed by atoms with E-state index in [1.54, 1.807) is 19.1 Å². The normalized spacial score (nSPS) is 10.5. The number of aliphatic hydroxyl groups is 1. The molecular weight excluding hydrogens is 248 g/mol. The molecular formula is C13H20N2O4. The molecule has 106 valence electrons. The molecule has 0 atom stereocenters. The molecule has 0 aliphatic heterocycles. The highest BCUT2D eigenvalue weighted by Gasteiger charge is 2.11. The number of ether oxygens (including phenoxy) is 1. The molecule has 6 nitrogen and oxygen atoms in total. The molecule has 19 heavy (non-hydrogen) atoms. The van der Waals surface area contributed by atoms with E-state index in [1.807, 2.05) is 11.8 Å². The number of hydrogen-bond donors (Lipinski definition) is 2. The lowest BCUT2D eigenvalue weighted by Crippen LogP contribution is -2.28. The van der Waals surface area contributed by atoms with Crippen molar-refractivity contribution in [2.45, 2.75) is 13.8 Å². The van der Waals surface area contributed by atoms with Gasteiger partial charge in [0.05, 0.1) is 25.4 Å². The first-order valence-electron chi connectivity index (χ1n) is 6.24. The third-order valence-corrected chi connectivity index (χ3v) is 2.63. The molecule has 1 rings (SSSR count). The summed E-state index contributed by atoms with van der Waals surface area (Å²) >= 11 is 0. The van der Waals surface area contributed by atoms with Crippen LogP contribution in [0.25, 0.3) is 0 Å². The molecule has 0 aliphatic carbocycles. The molecule has 1 aromatic heterocycles. The molecule has 0 saturated carbocycles. The Hall–Kier alpha value is -1.66. The van der Waals surface area contributed by atoms with Crippen LogP contribution in [-0.2, 0) is 4.74 Å². The van der Waals surface area contributed by atoms with Gasteiger partial charge >= 0.3 is 5.97 Å². The first-order chi connectivity index (χ1) is 9.08. The van der Waals surface area contributed by atoms with E-state index in [4.69, 9.17) is 14.9 Å². The first kappa shape index (κ1) is 15.4. The van der Waals surface area contributed by atoms with Crippen LogP contribution < -0.4 is 4.90 Å². The Bertz CT molecular complexity index is 423. The van der Waals surface area contributed by atoms with Gasteiger partial charge in [0.1, 0.15) is 5.82 Å². The highest BCUT2D eigenvalue weighted by atomic mass is 16.5. The summed E-state index contributed by atoms with van der Waals surface area (Å²) in [6.07, 6.45) is 0. The van der Waals surface area contributed by atoms with Crippen LogP contribution >= 0.6 is 0 Å². The van der Waals surface area contributed by atoms with Crippen molar-refractivity contribution in [1.82, 2.24) is 4.98 Å². The second kappa shape index (κ2) is 7.70. The third kappa shape index (κ3) is 4.84. The fraction of sp³-hybridized carbons (Fsp3) is 0.538. The lowest BCUT2D eigenvalue weighted by molar-refractivity contribution is 0.0696. The number of likely N-dealkylation sites (N-methyl/N-ethyl adjacent to an activating group) is 1. The molecule has 0 amide bonds. The van der Waals surface area contributed by atoms with E-state index in [0.29, 0.717) is 37.8 Å². The summed E-state index contributed by atoms with van der Waals surface area (Å²) < 4.78 is 5.21. The van der Waals surface area contributed by atoms with E-state index in [1.165, 1.54) is 0 Å². The number of rotatable bonds is 8. The number of pyridine rings is 1. The zero-order chi connectivity index (χ0) is 14.3. The van der Waals surface area contributed by atoms with Crippen LogP contribution in [0.2, 0.25) is 0 Å². The molecule has 0 bridgehead atoms. The number of carboxylic acid groups (broad SMARTS) is 1. The van der Waals surface area contributed by atoms with Gasteiger partial charge in [-0.05, 0) is 26.0 Å². The van der Waals surface area contributed by atoms with Gasteiger partial charge in [-0.1, -0.05) is 0 Å². The van der Waals surface area contributed by atoms with E-state index < -0.39 is 5.97 Å². The monoisotopic (exact) mass is 268 g/mol. The van der Waals surface area contributed by atoms with Crippen molar-refractivity contribution in [1.29, 1.82) is 0 Å². The van der Waals surface area contributed by atoms with Gasteiger partial charge in [-0.2, -0.15) is 0 Å². The molecule has 0 saturated heterocycles.